The molecule has 0 aliphatic carbocycles. The van der Waals surface area contributed by atoms with Gasteiger partial charge in [-0.2, -0.15) is 0 Å². The summed E-state index contributed by atoms with van der Waals surface area (Å²) in [6, 6.07) is 0. The van der Waals surface area contributed by atoms with Crippen LogP contribution >= 0.6 is 0 Å². The van der Waals surface area contributed by atoms with Crippen LogP contribution in [0.4, 0.5) is 0 Å². The third kappa shape index (κ3) is 2.60. The van der Waals surface area contributed by atoms with Crippen LogP contribution in [0.5, 0.6) is 0 Å². The molecule has 3 heterocycles. The first-order valence-corrected chi connectivity index (χ1v) is 7.10. The van der Waals surface area contributed by atoms with E-state index in [9.17, 15) is 4.79 Å². The number of Topliss-reactive ketones (excluding diaryl/α,β-unsaturated/α-hetero) is 1. The Balaban J connectivity index is 1.56. The van der Waals surface area contributed by atoms with E-state index in [0.717, 1.165) is 45.5 Å². The normalized spacial score (nSPS) is 40.4. The average molecular weight is 254 g/mol. The molecule has 3 fully saturated rings. The third-order valence-electron chi connectivity index (χ3n) is 4.53. The van der Waals surface area contributed by atoms with Crippen molar-refractivity contribution in [3.05, 3.63) is 0 Å². The van der Waals surface area contributed by atoms with Crippen LogP contribution in [-0.2, 0) is 19.0 Å². The zero-order valence-corrected chi connectivity index (χ0v) is 10.9. The van der Waals surface area contributed by atoms with E-state index in [1.165, 1.54) is 0 Å². The number of carbonyl (C=O) groups excluding carboxylic acids is 1. The molecule has 0 saturated carbocycles. The zero-order chi connectivity index (χ0) is 12.4. The van der Waals surface area contributed by atoms with E-state index >= 15 is 0 Å². The summed E-state index contributed by atoms with van der Waals surface area (Å²) in [7, 11) is 0. The summed E-state index contributed by atoms with van der Waals surface area (Å²) < 4.78 is 16.7. The molecule has 3 atom stereocenters. The molecule has 18 heavy (non-hydrogen) atoms. The van der Waals surface area contributed by atoms with Crippen molar-refractivity contribution in [2.45, 2.75) is 37.7 Å². The van der Waals surface area contributed by atoms with Gasteiger partial charge >= 0.3 is 0 Å². The molecule has 3 aliphatic heterocycles. The third-order valence-corrected chi connectivity index (χ3v) is 4.53. The van der Waals surface area contributed by atoms with Gasteiger partial charge in [0.25, 0.3) is 0 Å². The quantitative estimate of drug-likeness (QED) is 0.767. The Morgan fingerprint density at radius 1 is 1.17 bits per heavy atom. The first-order valence-electron chi connectivity index (χ1n) is 7.10. The SMILES string of the molecule is O=C(CC1CCOC1)C1CCOC2(CCOC2)C1. The Morgan fingerprint density at radius 3 is 2.83 bits per heavy atom. The highest BCUT2D eigenvalue weighted by molar-refractivity contribution is 5.81. The fourth-order valence-electron chi connectivity index (χ4n) is 3.36. The predicted octanol–water partition coefficient (Wildman–Crippen LogP) is 1.57. The molecule has 1 spiro atoms. The van der Waals surface area contributed by atoms with Gasteiger partial charge in [0.15, 0.2) is 0 Å². The summed E-state index contributed by atoms with van der Waals surface area (Å²) in [5.74, 6) is 1.05. The second kappa shape index (κ2) is 5.27. The average Bonchev–Trinajstić information content (AvgIpc) is 3.02. The second-order valence-electron chi connectivity index (χ2n) is 5.92. The highest BCUT2D eigenvalue weighted by Gasteiger charge is 2.43. The lowest BCUT2D eigenvalue weighted by atomic mass is 9.80. The van der Waals surface area contributed by atoms with Crippen LogP contribution in [0.3, 0.4) is 0 Å². The van der Waals surface area contributed by atoms with Crippen molar-refractivity contribution in [3.8, 4) is 0 Å². The van der Waals surface area contributed by atoms with Gasteiger partial charge in [0, 0.05) is 45.2 Å². The van der Waals surface area contributed by atoms with Crippen molar-refractivity contribution in [2.24, 2.45) is 11.8 Å². The molecule has 3 unspecified atom stereocenters. The minimum Gasteiger partial charge on any atom is -0.381 e. The summed E-state index contributed by atoms with van der Waals surface area (Å²) in [6.07, 6.45) is 4.43. The maximum Gasteiger partial charge on any atom is 0.136 e. The minimum absolute atomic E-state index is 0.148. The van der Waals surface area contributed by atoms with Crippen LogP contribution < -0.4 is 0 Å². The monoisotopic (exact) mass is 254 g/mol. The van der Waals surface area contributed by atoms with Crippen molar-refractivity contribution < 1.29 is 19.0 Å². The summed E-state index contributed by atoms with van der Waals surface area (Å²) in [4.78, 5) is 12.3. The molecule has 0 aromatic carbocycles. The number of ketones is 1. The molecule has 3 aliphatic rings. The molecular weight excluding hydrogens is 232 g/mol. The van der Waals surface area contributed by atoms with Gasteiger partial charge in [-0.05, 0) is 25.2 Å². The van der Waals surface area contributed by atoms with Crippen LogP contribution in [0.15, 0.2) is 0 Å². The highest BCUT2D eigenvalue weighted by Crippen LogP contribution is 2.37. The van der Waals surface area contributed by atoms with Gasteiger partial charge in [-0.3, -0.25) is 4.79 Å². The fourth-order valence-corrected chi connectivity index (χ4v) is 3.36. The van der Waals surface area contributed by atoms with Crippen LogP contribution in [0.2, 0.25) is 0 Å². The molecule has 0 radical (unpaired) electrons. The van der Waals surface area contributed by atoms with Gasteiger partial charge in [0.1, 0.15) is 5.78 Å². The first kappa shape index (κ1) is 12.6. The molecule has 3 saturated heterocycles. The van der Waals surface area contributed by atoms with Gasteiger partial charge < -0.3 is 14.2 Å². The Bertz CT molecular complexity index is 303. The van der Waals surface area contributed by atoms with Gasteiger partial charge in [0.05, 0.1) is 12.2 Å². The summed E-state index contributed by atoms with van der Waals surface area (Å²) >= 11 is 0. The van der Waals surface area contributed by atoms with Crippen molar-refractivity contribution >= 4 is 5.78 Å². The molecule has 0 aromatic heterocycles. The minimum atomic E-state index is -0.148. The van der Waals surface area contributed by atoms with E-state index in [0.29, 0.717) is 31.3 Å². The molecule has 0 aromatic rings. The second-order valence-corrected chi connectivity index (χ2v) is 5.92. The predicted molar refractivity (Wildman–Crippen MR) is 65.4 cm³/mol. The first-order chi connectivity index (χ1) is 8.77. The lowest BCUT2D eigenvalue weighted by molar-refractivity contribution is -0.138. The number of hydrogen-bond donors (Lipinski definition) is 0. The lowest BCUT2D eigenvalue weighted by Gasteiger charge is -2.36. The number of hydrogen-bond acceptors (Lipinski definition) is 4. The van der Waals surface area contributed by atoms with E-state index in [4.69, 9.17) is 14.2 Å². The maximum atomic E-state index is 12.3. The van der Waals surface area contributed by atoms with Crippen LogP contribution in [0, 0.1) is 11.8 Å². The zero-order valence-electron chi connectivity index (χ0n) is 10.9. The van der Waals surface area contributed by atoms with E-state index in [1.807, 2.05) is 0 Å². The van der Waals surface area contributed by atoms with E-state index < -0.39 is 0 Å². The molecular formula is C14H22O4. The number of ether oxygens (including phenoxy) is 3. The van der Waals surface area contributed by atoms with Gasteiger partial charge in [-0.25, -0.2) is 0 Å². The Morgan fingerprint density at radius 2 is 2.11 bits per heavy atom. The van der Waals surface area contributed by atoms with E-state index in [-0.39, 0.29) is 11.5 Å². The number of carbonyl (C=O) groups is 1. The van der Waals surface area contributed by atoms with E-state index in [2.05, 4.69) is 0 Å². The van der Waals surface area contributed by atoms with Crippen molar-refractivity contribution in [1.82, 2.24) is 0 Å². The van der Waals surface area contributed by atoms with Crippen molar-refractivity contribution in [2.75, 3.05) is 33.0 Å². The summed E-state index contributed by atoms with van der Waals surface area (Å²) in [6.45, 7) is 3.74. The van der Waals surface area contributed by atoms with Crippen molar-refractivity contribution in [3.63, 3.8) is 0 Å². The largest absolute Gasteiger partial charge is 0.381 e. The van der Waals surface area contributed by atoms with Crippen LogP contribution in [-0.4, -0.2) is 44.4 Å². The standard InChI is InChI=1S/C14H22O4/c15-13(7-11-1-4-16-9-11)12-2-5-18-14(8-12)3-6-17-10-14/h11-12H,1-10H2. The molecule has 4 heteroatoms. The highest BCUT2D eigenvalue weighted by atomic mass is 16.6. The maximum absolute atomic E-state index is 12.3. The van der Waals surface area contributed by atoms with Crippen LogP contribution in [0.1, 0.15) is 32.1 Å². The lowest BCUT2D eigenvalue weighted by Crippen LogP contribution is -2.42. The topological polar surface area (TPSA) is 44.8 Å². The van der Waals surface area contributed by atoms with Crippen LogP contribution in [0.25, 0.3) is 0 Å². The molecule has 0 N–H and O–H groups in total. The summed E-state index contributed by atoms with van der Waals surface area (Å²) in [5, 5.41) is 0. The molecule has 4 nitrogen and oxygen atoms in total. The Labute approximate surface area is 108 Å². The van der Waals surface area contributed by atoms with Gasteiger partial charge in [-0.15, -0.1) is 0 Å². The van der Waals surface area contributed by atoms with Gasteiger partial charge in [0.2, 0.25) is 0 Å². The van der Waals surface area contributed by atoms with Gasteiger partial charge in [-0.1, -0.05) is 0 Å². The Hall–Kier alpha value is -0.450. The smallest absolute Gasteiger partial charge is 0.136 e. The van der Waals surface area contributed by atoms with E-state index in [1.54, 1.807) is 0 Å². The molecule has 0 bridgehead atoms. The molecule has 102 valence electrons. The fraction of sp³-hybridized carbons (Fsp3) is 0.929. The van der Waals surface area contributed by atoms with Crippen molar-refractivity contribution in [1.29, 1.82) is 0 Å². The molecule has 3 rings (SSSR count). The molecule has 0 amide bonds. The Kier molecular flexibility index (Phi) is 3.68. The summed E-state index contributed by atoms with van der Waals surface area (Å²) in [5.41, 5.74) is -0.148. The number of rotatable bonds is 3.